The van der Waals surface area contributed by atoms with Gasteiger partial charge in [0.2, 0.25) is 0 Å². The van der Waals surface area contributed by atoms with Gasteiger partial charge in [0, 0.05) is 24.9 Å². The normalized spacial score (nSPS) is 10.4. The summed E-state index contributed by atoms with van der Waals surface area (Å²) in [5, 5.41) is 74.5. The van der Waals surface area contributed by atoms with Crippen LogP contribution in [0.5, 0.6) is 0 Å². The second kappa shape index (κ2) is 28.5. The molecule has 0 atom stereocenters. The molecular formula is C44H54B4F3NO10. The summed E-state index contributed by atoms with van der Waals surface area (Å²) in [5.74, 6) is -0.101. The number of unbranched alkanes of at least 4 members (excludes halogenated alkanes) is 4. The maximum atomic E-state index is 12.0. The van der Waals surface area contributed by atoms with Crippen LogP contribution in [0.3, 0.4) is 0 Å². The van der Waals surface area contributed by atoms with Crippen molar-refractivity contribution in [3.8, 4) is 11.1 Å². The zero-order chi connectivity index (χ0) is 46.1. The van der Waals surface area contributed by atoms with Crippen LogP contribution in [0.1, 0.15) is 80.3 Å². The fraction of sp³-hybridized carbons (Fsp3) is 0.273. The van der Waals surface area contributed by atoms with E-state index in [1.807, 2.05) is 42.5 Å². The third kappa shape index (κ3) is 19.8. The first-order chi connectivity index (χ1) is 29.5. The molecule has 0 radical (unpaired) electrons. The van der Waals surface area contributed by atoms with E-state index in [9.17, 15) is 32.8 Å². The molecule has 5 rings (SSSR count). The Hall–Kier alpha value is -5.03. The first kappa shape index (κ1) is 53.1. The van der Waals surface area contributed by atoms with Gasteiger partial charge in [-0.1, -0.05) is 161 Å². The van der Waals surface area contributed by atoms with Crippen LogP contribution in [0.15, 0.2) is 127 Å². The third-order valence-electron chi connectivity index (χ3n) is 9.18. The molecule has 9 N–H and O–H groups in total. The standard InChI is InChI=1S/C13H19BO3.C12H18BNO3.C12H11BO2.C7H6BF3O2/c1-2-3-4-8-12(15)10-11-7-5-6-9-13(11)14(16)17;1-2-3-6-9-14-12(15)10-7-4-5-8-11(10)13(16)17;14-13(15)12-8-6-11(7-9-12)10-4-2-1-3-5-10;9-7(10,11)5-1-3-6(4-2-5)8(12)13/h5-7,9,16-17H,2-4,8,10H2,1H3;4-5,7-8,16-17H,2-3,6,9H2,1H3,(H,14,15);1-9,14-15H;1-4,12-13H. The van der Waals surface area contributed by atoms with Crippen molar-refractivity contribution in [2.24, 2.45) is 0 Å². The first-order valence-electron chi connectivity index (χ1n) is 20.2. The molecule has 0 saturated heterocycles. The topological polar surface area (TPSA) is 208 Å². The van der Waals surface area contributed by atoms with Gasteiger partial charge in [0.05, 0.1) is 5.56 Å². The van der Waals surface area contributed by atoms with Gasteiger partial charge in [0.15, 0.2) is 0 Å². The van der Waals surface area contributed by atoms with E-state index in [0.29, 0.717) is 35.0 Å². The smallest absolute Gasteiger partial charge is 0.423 e. The number of hydrogen-bond donors (Lipinski definition) is 9. The van der Waals surface area contributed by atoms with Crippen molar-refractivity contribution in [2.75, 3.05) is 6.54 Å². The lowest BCUT2D eigenvalue weighted by molar-refractivity contribution is -0.137. The molecular weight excluding hydrogens is 803 g/mol. The zero-order valence-corrected chi connectivity index (χ0v) is 34.8. The van der Waals surface area contributed by atoms with Gasteiger partial charge in [0.1, 0.15) is 5.78 Å². The molecule has 328 valence electrons. The molecule has 0 heterocycles. The van der Waals surface area contributed by atoms with Gasteiger partial charge in [-0.15, -0.1) is 0 Å². The number of halogens is 3. The molecule has 0 saturated carbocycles. The Balaban J connectivity index is 0.000000286. The summed E-state index contributed by atoms with van der Waals surface area (Å²) in [6.07, 6.45) is 2.66. The van der Waals surface area contributed by atoms with Crippen molar-refractivity contribution in [3.63, 3.8) is 0 Å². The molecule has 0 bridgehead atoms. The fourth-order valence-corrected chi connectivity index (χ4v) is 5.74. The molecule has 62 heavy (non-hydrogen) atoms. The van der Waals surface area contributed by atoms with Gasteiger partial charge < -0.3 is 45.5 Å². The van der Waals surface area contributed by atoms with Gasteiger partial charge >= 0.3 is 34.6 Å². The van der Waals surface area contributed by atoms with Crippen molar-refractivity contribution in [1.29, 1.82) is 0 Å². The molecule has 5 aromatic rings. The summed E-state index contributed by atoms with van der Waals surface area (Å²) in [6, 6.07) is 34.2. The number of Topliss-reactive ketones (excluding diaryl/α,β-unsaturated/α-hetero) is 1. The molecule has 1 amide bonds. The van der Waals surface area contributed by atoms with E-state index in [0.717, 1.165) is 73.9 Å². The third-order valence-corrected chi connectivity index (χ3v) is 9.18. The van der Waals surface area contributed by atoms with E-state index in [1.165, 1.54) is 6.07 Å². The highest BCUT2D eigenvalue weighted by molar-refractivity contribution is 6.60. The molecule has 0 aliphatic rings. The molecule has 11 nitrogen and oxygen atoms in total. The number of hydrogen-bond acceptors (Lipinski definition) is 10. The molecule has 0 unspecified atom stereocenters. The summed E-state index contributed by atoms with van der Waals surface area (Å²) < 4.78 is 36.0. The second-order valence-electron chi connectivity index (χ2n) is 14.0. The summed E-state index contributed by atoms with van der Waals surface area (Å²) >= 11 is 0. The van der Waals surface area contributed by atoms with Crippen LogP contribution in [-0.4, -0.2) is 86.9 Å². The largest absolute Gasteiger partial charge is 0.489 e. The second-order valence-corrected chi connectivity index (χ2v) is 14.0. The van der Waals surface area contributed by atoms with Gasteiger partial charge in [-0.05, 0) is 57.4 Å². The van der Waals surface area contributed by atoms with E-state index >= 15 is 0 Å². The van der Waals surface area contributed by atoms with Crippen LogP contribution in [0.25, 0.3) is 11.1 Å². The Morgan fingerprint density at radius 1 is 0.532 bits per heavy atom. The highest BCUT2D eigenvalue weighted by Crippen LogP contribution is 2.28. The molecule has 18 heteroatoms. The number of alkyl halides is 3. The Labute approximate surface area is 362 Å². The van der Waals surface area contributed by atoms with Gasteiger partial charge in [-0.2, -0.15) is 13.2 Å². The Bertz CT molecular complexity index is 2020. The molecule has 0 aromatic heterocycles. The van der Waals surface area contributed by atoms with E-state index in [1.54, 1.807) is 54.6 Å². The highest BCUT2D eigenvalue weighted by atomic mass is 19.4. The van der Waals surface area contributed by atoms with Crippen LogP contribution in [0.4, 0.5) is 13.2 Å². The minimum Gasteiger partial charge on any atom is -0.423 e. The summed E-state index contributed by atoms with van der Waals surface area (Å²) in [4.78, 5) is 23.5. The number of rotatable bonds is 16. The van der Waals surface area contributed by atoms with Crippen molar-refractivity contribution < 1.29 is 63.0 Å². The minimum atomic E-state index is -4.39. The monoisotopic (exact) mass is 857 g/mol. The summed E-state index contributed by atoms with van der Waals surface area (Å²) in [6.45, 7) is 4.81. The molecule has 0 aliphatic heterocycles. The zero-order valence-electron chi connectivity index (χ0n) is 34.8. The molecule has 5 aromatic carbocycles. The van der Waals surface area contributed by atoms with Crippen LogP contribution in [-0.2, 0) is 17.4 Å². The number of amides is 1. The quantitative estimate of drug-likeness (QED) is 0.0524. The van der Waals surface area contributed by atoms with Crippen LogP contribution in [0.2, 0.25) is 0 Å². The predicted molar refractivity (Wildman–Crippen MR) is 240 cm³/mol. The molecule has 0 spiro atoms. The lowest BCUT2D eigenvalue weighted by atomic mass is 9.76. The SMILES string of the molecule is CCCCCC(=O)Cc1ccccc1B(O)O.CCCCCNC(=O)c1ccccc1B(O)O.OB(O)c1ccc(-c2ccccc2)cc1.OB(O)c1ccc(C(F)(F)F)cc1. The van der Waals surface area contributed by atoms with E-state index in [4.69, 9.17) is 30.1 Å². The predicted octanol–water partition coefficient (Wildman–Crippen LogP) is 2.76. The Kier molecular flexibility index (Phi) is 24.5. The van der Waals surface area contributed by atoms with Crippen LogP contribution in [0, 0.1) is 0 Å². The maximum absolute atomic E-state index is 12.0. The summed E-state index contributed by atoms with van der Waals surface area (Å²) in [7, 11) is -6.25. The number of nitrogens with one attached hydrogen (secondary N) is 1. The summed E-state index contributed by atoms with van der Waals surface area (Å²) in [5.41, 5.74) is 3.62. The molecule has 0 aliphatic carbocycles. The first-order valence-corrected chi connectivity index (χ1v) is 20.2. The fourth-order valence-electron chi connectivity index (χ4n) is 5.74. The Morgan fingerprint density at radius 3 is 1.52 bits per heavy atom. The average molecular weight is 857 g/mol. The van der Waals surface area contributed by atoms with Crippen molar-refractivity contribution in [2.45, 2.75) is 71.4 Å². The lowest BCUT2D eigenvalue weighted by Crippen LogP contribution is -2.38. The average Bonchev–Trinajstić information content (AvgIpc) is 3.26. The van der Waals surface area contributed by atoms with Gasteiger partial charge in [-0.3, -0.25) is 9.59 Å². The van der Waals surface area contributed by atoms with Crippen molar-refractivity contribution in [1.82, 2.24) is 5.32 Å². The molecule has 0 fully saturated rings. The van der Waals surface area contributed by atoms with Crippen LogP contribution >= 0.6 is 0 Å². The lowest BCUT2D eigenvalue weighted by Gasteiger charge is -2.09. The number of benzene rings is 5. The van der Waals surface area contributed by atoms with Gasteiger partial charge in [-0.25, -0.2) is 0 Å². The number of carbonyl (C=O) groups is 2. The van der Waals surface area contributed by atoms with Crippen LogP contribution < -0.4 is 27.2 Å². The highest BCUT2D eigenvalue weighted by Gasteiger charge is 2.30. The minimum absolute atomic E-state index is 0.0352. The van der Waals surface area contributed by atoms with Crippen molar-refractivity contribution >= 4 is 62.0 Å². The number of carbonyl (C=O) groups excluding carboxylic acids is 2. The van der Waals surface area contributed by atoms with E-state index in [2.05, 4.69) is 19.2 Å². The maximum Gasteiger partial charge on any atom is 0.489 e. The number of ketones is 1. The van der Waals surface area contributed by atoms with E-state index in [-0.39, 0.29) is 29.0 Å². The van der Waals surface area contributed by atoms with E-state index < -0.39 is 40.2 Å². The van der Waals surface area contributed by atoms with Gasteiger partial charge in [0.25, 0.3) is 5.91 Å². The van der Waals surface area contributed by atoms with Crippen molar-refractivity contribution in [3.05, 3.63) is 144 Å². The Morgan fingerprint density at radius 2 is 1.00 bits per heavy atom.